The number of para-hydroxylation sites is 1. The van der Waals surface area contributed by atoms with Gasteiger partial charge in [0.25, 0.3) is 5.91 Å². The first-order chi connectivity index (χ1) is 11.8. The highest BCUT2D eigenvalue weighted by molar-refractivity contribution is 5.94. The molecule has 0 bridgehead atoms. The molecule has 2 aromatic rings. The molecule has 1 aromatic carbocycles. The predicted molar refractivity (Wildman–Crippen MR) is 94.5 cm³/mol. The van der Waals surface area contributed by atoms with E-state index >= 15 is 0 Å². The molecule has 1 aromatic heterocycles. The number of H-pyrrole nitrogens is 1. The van der Waals surface area contributed by atoms with Crippen molar-refractivity contribution < 1.29 is 4.79 Å². The maximum atomic E-state index is 12.4. The van der Waals surface area contributed by atoms with Crippen molar-refractivity contribution in [1.82, 2.24) is 15.5 Å². The Labute approximate surface area is 142 Å². The fourth-order valence-electron chi connectivity index (χ4n) is 3.86. The Kier molecular flexibility index (Phi) is 4.24. The van der Waals surface area contributed by atoms with Gasteiger partial charge in [-0.05, 0) is 50.2 Å². The van der Waals surface area contributed by atoms with Crippen molar-refractivity contribution in [2.45, 2.75) is 38.5 Å². The Balaban J connectivity index is 1.28. The highest BCUT2D eigenvalue weighted by atomic mass is 16.1. The summed E-state index contributed by atoms with van der Waals surface area (Å²) in [6, 6.07) is 8.60. The molecule has 126 valence electrons. The third kappa shape index (κ3) is 2.90. The Hall–Kier alpha value is -2.30. The number of aromatic nitrogens is 2. The molecule has 0 unspecified atom stereocenters. The second kappa shape index (κ2) is 6.67. The number of aryl methyl sites for hydroxylation is 1. The molecule has 1 amide bonds. The maximum absolute atomic E-state index is 12.4. The fourth-order valence-corrected chi connectivity index (χ4v) is 3.86. The standard InChI is InChI=1S/C19H24N4O/c24-19(18-15-7-2-3-8-16(15)21-22-18)20-11-5-12-23-13-10-14-6-1-4-9-17(14)23/h1,4,6,9H,2-3,5,7-8,10-13H2,(H,20,24)(H,21,22). The van der Waals surface area contributed by atoms with Crippen LogP contribution in [0.1, 0.15) is 46.6 Å². The van der Waals surface area contributed by atoms with Crippen molar-refractivity contribution in [3.8, 4) is 0 Å². The van der Waals surface area contributed by atoms with Crippen LogP contribution in [0.25, 0.3) is 0 Å². The molecular formula is C19H24N4O. The molecule has 0 radical (unpaired) electrons. The number of amides is 1. The lowest BCUT2D eigenvalue weighted by atomic mass is 9.96. The van der Waals surface area contributed by atoms with E-state index in [1.807, 2.05) is 0 Å². The Bertz CT molecular complexity index is 737. The molecule has 4 rings (SSSR count). The van der Waals surface area contributed by atoms with Gasteiger partial charge in [0, 0.05) is 36.6 Å². The molecule has 0 saturated carbocycles. The number of nitrogens with zero attached hydrogens (tertiary/aromatic N) is 2. The first-order valence-corrected chi connectivity index (χ1v) is 9.00. The van der Waals surface area contributed by atoms with Gasteiger partial charge in [0.1, 0.15) is 0 Å². The van der Waals surface area contributed by atoms with Gasteiger partial charge >= 0.3 is 0 Å². The maximum Gasteiger partial charge on any atom is 0.272 e. The van der Waals surface area contributed by atoms with Crippen LogP contribution in [0.4, 0.5) is 5.69 Å². The van der Waals surface area contributed by atoms with Gasteiger partial charge in [-0.15, -0.1) is 0 Å². The van der Waals surface area contributed by atoms with E-state index in [1.54, 1.807) is 0 Å². The van der Waals surface area contributed by atoms with E-state index in [1.165, 1.54) is 17.7 Å². The topological polar surface area (TPSA) is 61.0 Å². The number of aromatic amines is 1. The smallest absolute Gasteiger partial charge is 0.272 e. The average molecular weight is 324 g/mol. The summed E-state index contributed by atoms with van der Waals surface area (Å²) >= 11 is 0. The van der Waals surface area contributed by atoms with E-state index in [0.29, 0.717) is 12.2 Å². The molecule has 2 N–H and O–H groups in total. The summed E-state index contributed by atoms with van der Waals surface area (Å²) < 4.78 is 0. The number of anilines is 1. The molecule has 2 aliphatic rings. The minimum absolute atomic E-state index is 0.0313. The first-order valence-electron chi connectivity index (χ1n) is 9.00. The zero-order chi connectivity index (χ0) is 16.4. The highest BCUT2D eigenvalue weighted by Gasteiger charge is 2.21. The molecule has 2 heterocycles. The monoisotopic (exact) mass is 324 g/mol. The number of hydrogen-bond donors (Lipinski definition) is 2. The molecule has 0 atom stereocenters. The van der Waals surface area contributed by atoms with E-state index in [4.69, 9.17) is 0 Å². The highest BCUT2D eigenvalue weighted by Crippen LogP contribution is 2.27. The van der Waals surface area contributed by atoms with Crippen molar-refractivity contribution in [3.05, 3.63) is 46.8 Å². The van der Waals surface area contributed by atoms with Gasteiger partial charge in [0.05, 0.1) is 0 Å². The number of hydrogen-bond acceptors (Lipinski definition) is 3. The van der Waals surface area contributed by atoms with Crippen LogP contribution in [0.3, 0.4) is 0 Å². The van der Waals surface area contributed by atoms with Gasteiger partial charge in [-0.2, -0.15) is 5.10 Å². The molecular weight excluding hydrogens is 300 g/mol. The SMILES string of the molecule is O=C(NCCCN1CCc2ccccc21)c1n[nH]c2c1CCCC2. The van der Waals surface area contributed by atoms with Gasteiger partial charge in [0.15, 0.2) is 5.69 Å². The molecule has 5 heteroatoms. The Morgan fingerprint density at radius 2 is 2.08 bits per heavy atom. The number of carbonyl (C=O) groups excluding carboxylic acids is 1. The summed E-state index contributed by atoms with van der Waals surface area (Å²) in [6.45, 7) is 2.76. The van der Waals surface area contributed by atoms with E-state index in [0.717, 1.165) is 56.5 Å². The van der Waals surface area contributed by atoms with Crippen molar-refractivity contribution in [2.24, 2.45) is 0 Å². The summed E-state index contributed by atoms with van der Waals surface area (Å²) in [5.74, 6) is -0.0313. The van der Waals surface area contributed by atoms with E-state index < -0.39 is 0 Å². The average Bonchev–Trinajstić information content (AvgIpc) is 3.23. The van der Waals surface area contributed by atoms with E-state index in [-0.39, 0.29) is 5.91 Å². The third-order valence-corrected chi connectivity index (χ3v) is 5.15. The fraction of sp³-hybridized carbons (Fsp3) is 0.474. The normalized spacial score (nSPS) is 15.9. The largest absolute Gasteiger partial charge is 0.371 e. The number of rotatable bonds is 5. The van der Waals surface area contributed by atoms with E-state index in [9.17, 15) is 4.79 Å². The lowest BCUT2D eigenvalue weighted by Crippen LogP contribution is -2.30. The van der Waals surface area contributed by atoms with Crippen LogP contribution in [0.2, 0.25) is 0 Å². The van der Waals surface area contributed by atoms with Crippen LogP contribution in [0, 0.1) is 0 Å². The van der Waals surface area contributed by atoms with Gasteiger partial charge in [-0.3, -0.25) is 9.89 Å². The van der Waals surface area contributed by atoms with Gasteiger partial charge < -0.3 is 10.2 Å². The van der Waals surface area contributed by atoms with Crippen molar-refractivity contribution >= 4 is 11.6 Å². The van der Waals surface area contributed by atoms with Crippen molar-refractivity contribution in [2.75, 3.05) is 24.5 Å². The molecule has 0 fully saturated rings. The Morgan fingerprint density at radius 3 is 3.04 bits per heavy atom. The summed E-state index contributed by atoms with van der Waals surface area (Å²) in [5, 5.41) is 10.3. The minimum Gasteiger partial charge on any atom is -0.371 e. The summed E-state index contributed by atoms with van der Waals surface area (Å²) in [5.41, 5.74) is 5.68. The number of nitrogens with one attached hydrogen (secondary N) is 2. The third-order valence-electron chi connectivity index (χ3n) is 5.15. The predicted octanol–water partition coefficient (Wildman–Crippen LogP) is 2.47. The van der Waals surface area contributed by atoms with Crippen LogP contribution in [-0.2, 0) is 19.3 Å². The number of carbonyl (C=O) groups is 1. The summed E-state index contributed by atoms with van der Waals surface area (Å²) in [4.78, 5) is 14.8. The Morgan fingerprint density at radius 1 is 1.21 bits per heavy atom. The van der Waals surface area contributed by atoms with Gasteiger partial charge in [-0.1, -0.05) is 18.2 Å². The lowest BCUT2D eigenvalue weighted by Gasteiger charge is -2.19. The zero-order valence-electron chi connectivity index (χ0n) is 14.0. The van der Waals surface area contributed by atoms with Crippen LogP contribution in [0.5, 0.6) is 0 Å². The second-order valence-corrected chi connectivity index (χ2v) is 6.71. The number of benzene rings is 1. The molecule has 0 saturated heterocycles. The summed E-state index contributed by atoms with van der Waals surface area (Å²) in [6.07, 6.45) is 6.41. The van der Waals surface area contributed by atoms with Crippen LogP contribution in [0.15, 0.2) is 24.3 Å². The number of fused-ring (bicyclic) bond motifs is 2. The first kappa shape index (κ1) is 15.2. The second-order valence-electron chi connectivity index (χ2n) is 6.71. The molecule has 1 aliphatic carbocycles. The molecule has 1 aliphatic heterocycles. The molecule has 5 nitrogen and oxygen atoms in total. The van der Waals surface area contributed by atoms with Gasteiger partial charge in [-0.25, -0.2) is 0 Å². The minimum atomic E-state index is -0.0313. The van der Waals surface area contributed by atoms with Crippen molar-refractivity contribution in [3.63, 3.8) is 0 Å². The quantitative estimate of drug-likeness (QED) is 0.831. The van der Waals surface area contributed by atoms with Gasteiger partial charge in [0.2, 0.25) is 0 Å². The molecule has 24 heavy (non-hydrogen) atoms. The summed E-state index contributed by atoms with van der Waals surface area (Å²) in [7, 11) is 0. The van der Waals surface area contributed by atoms with Crippen molar-refractivity contribution in [1.29, 1.82) is 0 Å². The van der Waals surface area contributed by atoms with E-state index in [2.05, 4.69) is 44.7 Å². The zero-order valence-corrected chi connectivity index (χ0v) is 14.0. The van der Waals surface area contributed by atoms with Crippen LogP contribution >= 0.6 is 0 Å². The van der Waals surface area contributed by atoms with Crippen LogP contribution in [-0.4, -0.2) is 35.7 Å². The van der Waals surface area contributed by atoms with Crippen LogP contribution < -0.4 is 10.2 Å². The molecule has 0 spiro atoms. The lowest BCUT2D eigenvalue weighted by molar-refractivity contribution is 0.0947.